The Balaban J connectivity index is 2.83. The molecule has 1 heterocycles. The molecule has 2 unspecified atom stereocenters. The van der Waals surface area contributed by atoms with E-state index < -0.39 is 10.2 Å². The molecule has 1 fully saturated rings. The quantitative estimate of drug-likeness (QED) is 0.667. The molecule has 0 aromatic heterocycles. The fraction of sp³-hybridized carbons (Fsp3) is 1.00. The van der Waals surface area contributed by atoms with Gasteiger partial charge in [-0.15, -0.1) is 0 Å². The Morgan fingerprint density at radius 3 is 1.87 bits per heavy atom. The van der Waals surface area contributed by atoms with Crippen LogP contribution in [-0.2, 0) is 10.2 Å². The lowest BCUT2D eigenvalue weighted by atomic mass is 10.1. The molecule has 2 atom stereocenters. The molecule has 0 bridgehead atoms. The van der Waals surface area contributed by atoms with Gasteiger partial charge in [0.15, 0.2) is 0 Å². The highest BCUT2D eigenvalue weighted by Gasteiger charge is 2.34. The average Bonchev–Trinajstić information content (AvgIpc) is 2.13. The molecule has 0 spiro atoms. The zero-order valence-corrected chi connectivity index (χ0v) is 11.0. The fourth-order valence-corrected chi connectivity index (χ4v) is 3.05. The number of nitrogens with zero attached hydrogens (tertiary/aromatic N) is 3. The van der Waals surface area contributed by atoms with E-state index in [2.05, 4.69) is 4.90 Å². The Morgan fingerprint density at radius 1 is 1.13 bits per heavy atom. The lowest BCUT2D eigenvalue weighted by Crippen LogP contribution is -2.58. The molecule has 0 aliphatic carbocycles. The molecule has 15 heavy (non-hydrogen) atoms. The largest absolute Gasteiger partial charge is 0.298 e. The van der Waals surface area contributed by atoms with E-state index in [1.54, 1.807) is 18.4 Å². The summed E-state index contributed by atoms with van der Waals surface area (Å²) in [5.41, 5.74) is 0. The Kier molecular flexibility index (Phi) is 3.76. The van der Waals surface area contributed by atoms with Crippen LogP contribution in [0.5, 0.6) is 0 Å². The summed E-state index contributed by atoms with van der Waals surface area (Å²) in [6.45, 7) is 5.24. The highest BCUT2D eigenvalue weighted by molar-refractivity contribution is 7.86. The van der Waals surface area contributed by atoms with E-state index in [1.165, 1.54) is 4.31 Å². The van der Waals surface area contributed by atoms with E-state index in [9.17, 15) is 8.42 Å². The third kappa shape index (κ3) is 2.50. The molecule has 0 aromatic carbocycles. The second-order valence-corrected chi connectivity index (χ2v) is 6.61. The zero-order valence-electron chi connectivity index (χ0n) is 10.1. The molecule has 0 amide bonds. The average molecular weight is 235 g/mol. The van der Waals surface area contributed by atoms with Gasteiger partial charge in [-0.1, -0.05) is 0 Å². The lowest BCUT2D eigenvalue weighted by Gasteiger charge is -2.42. The molecule has 1 aliphatic rings. The smallest absolute Gasteiger partial charge is 0.281 e. The molecule has 0 saturated carbocycles. The number of likely N-dealkylation sites (N-methyl/N-ethyl adjacent to an activating group) is 1. The minimum atomic E-state index is -3.25. The lowest BCUT2D eigenvalue weighted by molar-refractivity contribution is 0.102. The van der Waals surface area contributed by atoms with Gasteiger partial charge in [-0.25, -0.2) is 0 Å². The van der Waals surface area contributed by atoms with Gasteiger partial charge in [0.1, 0.15) is 0 Å². The highest BCUT2D eigenvalue weighted by atomic mass is 32.2. The van der Waals surface area contributed by atoms with Gasteiger partial charge in [0.2, 0.25) is 0 Å². The zero-order chi connectivity index (χ0) is 11.8. The second-order valence-electron chi connectivity index (χ2n) is 4.47. The maximum Gasteiger partial charge on any atom is 0.281 e. The number of hydrogen-bond donors (Lipinski definition) is 0. The molecule has 90 valence electrons. The van der Waals surface area contributed by atoms with Crippen molar-refractivity contribution in [3.05, 3.63) is 0 Å². The normalized spacial score (nSPS) is 31.1. The standard InChI is InChI=1S/C9H21N3O2S/c1-8-6-12(7-9(2)11(8)5)15(13,14)10(3)4/h8-9H,6-7H2,1-5H3. The van der Waals surface area contributed by atoms with Crippen molar-refractivity contribution in [3.63, 3.8) is 0 Å². The first-order valence-electron chi connectivity index (χ1n) is 5.16. The van der Waals surface area contributed by atoms with E-state index in [-0.39, 0.29) is 12.1 Å². The van der Waals surface area contributed by atoms with Crippen LogP contribution in [0.3, 0.4) is 0 Å². The highest BCUT2D eigenvalue weighted by Crippen LogP contribution is 2.17. The summed E-state index contributed by atoms with van der Waals surface area (Å²) in [4.78, 5) is 2.21. The Morgan fingerprint density at radius 2 is 1.53 bits per heavy atom. The van der Waals surface area contributed by atoms with Crippen molar-refractivity contribution in [2.75, 3.05) is 34.2 Å². The molecule has 6 heteroatoms. The van der Waals surface area contributed by atoms with Crippen molar-refractivity contribution in [2.45, 2.75) is 25.9 Å². The van der Waals surface area contributed by atoms with Crippen LogP contribution in [-0.4, -0.2) is 68.2 Å². The summed E-state index contributed by atoms with van der Waals surface area (Å²) in [6.07, 6.45) is 0. The predicted octanol–water partition coefficient (Wildman–Crippen LogP) is -0.183. The van der Waals surface area contributed by atoms with Gasteiger partial charge in [-0.05, 0) is 20.9 Å². The van der Waals surface area contributed by atoms with Gasteiger partial charge in [0.05, 0.1) is 0 Å². The monoisotopic (exact) mass is 235 g/mol. The van der Waals surface area contributed by atoms with Crippen LogP contribution in [0, 0.1) is 0 Å². The van der Waals surface area contributed by atoms with Gasteiger partial charge >= 0.3 is 0 Å². The molecule has 0 N–H and O–H groups in total. The molecular formula is C9H21N3O2S. The molecule has 5 nitrogen and oxygen atoms in total. The third-order valence-electron chi connectivity index (χ3n) is 3.11. The SMILES string of the molecule is CC1CN(S(=O)(=O)N(C)C)CC(C)N1C. The van der Waals surface area contributed by atoms with Crippen LogP contribution in [0.25, 0.3) is 0 Å². The molecular weight excluding hydrogens is 214 g/mol. The van der Waals surface area contributed by atoms with E-state index >= 15 is 0 Å². The van der Waals surface area contributed by atoms with Crippen molar-refractivity contribution < 1.29 is 8.42 Å². The van der Waals surface area contributed by atoms with Crippen LogP contribution < -0.4 is 0 Å². The summed E-state index contributed by atoms with van der Waals surface area (Å²) in [6, 6.07) is 0.534. The van der Waals surface area contributed by atoms with E-state index in [1.807, 2.05) is 20.9 Å². The minimum absolute atomic E-state index is 0.267. The summed E-state index contributed by atoms with van der Waals surface area (Å²) in [5.74, 6) is 0. The Hall–Kier alpha value is -0.170. The van der Waals surface area contributed by atoms with E-state index in [0.717, 1.165) is 0 Å². The summed E-state index contributed by atoms with van der Waals surface area (Å²) in [5, 5.41) is 0. The van der Waals surface area contributed by atoms with Crippen LogP contribution in [0.1, 0.15) is 13.8 Å². The molecule has 1 aliphatic heterocycles. The van der Waals surface area contributed by atoms with Crippen molar-refractivity contribution in [1.82, 2.24) is 13.5 Å². The minimum Gasteiger partial charge on any atom is -0.298 e. The van der Waals surface area contributed by atoms with Crippen LogP contribution in [0.15, 0.2) is 0 Å². The Bertz CT molecular complexity index is 303. The van der Waals surface area contributed by atoms with Gasteiger partial charge < -0.3 is 0 Å². The van der Waals surface area contributed by atoms with Crippen LogP contribution in [0.4, 0.5) is 0 Å². The third-order valence-corrected chi connectivity index (χ3v) is 4.99. The molecule has 0 aromatic rings. The van der Waals surface area contributed by atoms with Crippen molar-refractivity contribution in [1.29, 1.82) is 0 Å². The van der Waals surface area contributed by atoms with E-state index in [0.29, 0.717) is 13.1 Å². The van der Waals surface area contributed by atoms with Crippen molar-refractivity contribution in [2.24, 2.45) is 0 Å². The summed E-state index contributed by atoms with van der Waals surface area (Å²) < 4.78 is 26.7. The topological polar surface area (TPSA) is 43.9 Å². The summed E-state index contributed by atoms with van der Waals surface area (Å²) in [7, 11) is 1.93. The maximum absolute atomic E-state index is 11.9. The summed E-state index contributed by atoms with van der Waals surface area (Å²) >= 11 is 0. The number of rotatable bonds is 2. The van der Waals surface area contributed by atoms with Gasteiger partial charge in [-0.2, -0.15) is 17.0 Å². The van der Waals surface area contributed by atoms with Crippen molar-refractivity contribution in [3.8, 4) is 0 Å². The maximum atomic E-state index is 11.9. The second kappa shape index (κ2) is 4.37. The van der Waals surface area contributed by atoms with Gasteiger partial charge in [-0.3, -0.25) is 4.90 Å². The molecule has 1 saturated heterocycles. The molecule has 0 radical (unpaired) electrons. The van der Waals surface area contributed by atoms with E-state index in [4.69, 9.17) is 0 Å². The fourth-order valence-electron chi connectivity index (χ4n) is 1.78. The number of piperazine rings is 1. The molecule has 1 rings (SSSR count). The Labute approximate surface area is 92.8 Å². The van der Waals surface area contributed by atoms with Crippen LogP contribution >= 0.6 is 0 Å². The number of hydrogen-bond acceptors (Lipinski definition) is 3. The first kappa shape index (κ1) is 12.9. The first-order chi connectivity index (χ1) is 6.76. The van der Waals surface area contributed by atoms with Crippen LogP contribution in [0.2, 0.25) is 0 Å². The predicted molar refractivity (Wildman–Crippen MR) is 60.9 cm³/mol. The van der Waals surface area contributed by atoms with Gasteiger partial charge in [0, 0.05) is 39.3 Å². The van der Waals surface area contributed by atoms with Crippen molar-refractivity contribution >= 4 is 10.2 Å². The first-order valence-corrected chi connectivity index (χ1v) is 6.56. The van der Waals surface area contributed by atoms with Gasteiger partial charge in [0.25, 0.3) is 10.2 Å².